The summed E-state index contributed by atoms with van der Waals surface area (Å²) in [7, 11) is 0. The van der Waals surface area contributed by atoms with Gasteiger partial charge in [0.15, 0.2) is 11.4 Å². The van der Waals surface area contributed by atoms with Gasteiger partial charge in [0, 0.05) is 19.3 Å². The minimum absolute atomic E-state index is 0. The van der Waals surface area contributed by atoms with Crippen molar-refractivity contribution in [1.29, 1.82) is 0 Å². The Kier molecular flexibility index (Phi) is 8.09. The maximum Gasteiger partial charge on any atom is 0.276 e. The van der Waals surface area contributed by atoms with Gasteiger partial charge in [0.25, 0.3) is 5.91 Å². The fourth-order valence-electron chi connectivity index (χ4n) is 3.39. The molecule has 0 aliphatic carbocycles. The van der Waals surface area contributed by atoms with E-state index >= 15 is 0 Å². The molecule has 0 aromatic carbocycles. The Bertz CT molecular complexity index is 502. The highest BCUT2D eigenvalue weighted by molar-refractivity contribution is 5.94. The lowest BCUT2D eigenvalue weighted by Gasteiger charge is -2.21. The van der Waals surface area contributed by atoms with Gasteiger partial charge in [-0.15, -0.1) is 24.8 Å². The van der Waals surface area contributed by atoms with E-state index in [1.165, 1.54) is 0 Å². The minimum Gasteiger partial charge on any atom is -0.491 e. The van der Waals surface area contributed by atoms with Gasteiger partial charge in [-0.2, -0.15) is 0 Å². The molecular formula is C16H25Cl2N3O2. The van der Waals surface area contributed by atoms with Crippen molar-refractivity contribution in [1.82, 2.24) is 15.2 Å². The average molecular weight is 362 g/mol. The predicted molar refractivity (Wildman–Crippen MR) is 94.9 cm³/mol. The topological polar surface area (TPSA) is 54.5 Å². The minimum atomic E-state index is 0. The molecule has 130 valence electrons. The fraction of sp³-hybridized carbons (Fsp3) is 0.625. The summed E-state index contributed by atoms with van der Waals surface area (Å²) in [6.07, 6.45) is 3.83. The van der Waals surface area contributed by atoms with E-state index in [1.807, 2.05) is 17.9 Å². The number of pyridine rings is 1. The van der Waals surface area contributed by atoms with Crippen molar-refractivity contribution in [2.24, 2.45) is 11.8 Å². The van der Waals surface area contributed by atoms with Crippen LogP contribution in [-0.2, 0) is 0 Å². The van der Waals surface area contributed by atoms with Gasteiger partial charge in [0.2, 0.25) is 0 Å². The lowest BCUT2D eigenvalue weighted by atomic mass is 9.92. The summed E-state index contributed by atoms with van der Waals surface area (Å²) in [6.45, 7) is 6.30. The predicted octanol–water partition coefficient (Wildman–Crippen LogP) is 2.40. The number of carbonyl (C=O) groups excluding carboxylic acids is 1. The van der Waals surface area contributed by atoms with Crippen LogP contribution in [0.4, 0.5) is 0 Å². The molecular weight excluding hydrogens is 337 g/mol. The summed E-state index contributed by atoms with van der Waals surface area (Å²) in [5.41, 5.74) is 0.449. The summed E-state index contributed by atoms with van der Waals surface area (Å²) in [5, 5.41) is 3.46. The second-order valence-electron chi connectivity index (χ2n) is 5.83. The molecule has 3 rings (SSSR count). The summed E-state index contributed by atoms with van der Waals surface area (Å²) >= 11 is 0. The Balaban J connectivity index is 0.00000132. The number of nitrogens with one attached hydrogen (secondary N) is 1. The van der Waals surface area contributed by atoms with Crippen LogP contribution in [0.25, 0.3) is 0 Å². The van der Waals surface area contributed by atoms with E-state index in [0.717, 1.165) is 50.9 Å². The van der Waals surface area contributed by atoms with Gasteiger partial charge in [-0.05, 0) is 56.8 Å². The summed E-state index contributed by atoms with van der Waals surface area (Å²) in [6, 6.07) is 3.63. The lowest BCUT2D eigenvalue weighted by molar-refractivity contribution is 0.0748. The maximum atomic E-state index is 12.7. The number of likely N-dealkylation sites (tertiary alicyclic amines) is 1. The van der Waals surface area contributed by atoms with Crippen LogP contribution >= 0.6 is 24.8 Å². The van der Waals surface area contributed by atoms with E-state index in [1.54, 1.807) is 12.3 Å². The molecule has 0 unspecified atom stereocenters. The largest absolute Gasteiger partial charge is 0.491 e. The van der Waals surface area contributed by atoms with Crippen LogP contribution in [0, 0.1) is 11.8 Å². The molecule has 23 heavy (non-hydrogen) atoms. The zero-order valence-corrected chi connectivity index (χ0v) is 15.0. The third-order valence-corrected chi connectivity index (χ3v) is 4.58. The fourth-order valence-corrected chi connectivity index (χ4v) is 3.39. The number of amides is 1. The van der Waals surface area contributed by atoms with E-state index in [4.69, 9.17) is 4.74 Å². The van der Waals surface area contributed by atoms with Crippen molar-refractivity contribution in [3.63, 3.8) is 0 Å². The molecule has 0 bridgehead atoms. The van der Waals surface area contributed by atoms with Crippen molar-refractivity contribution in [3.05, 3.63) is 24.0 Å². The quantitative estimate of drug-likeness (QED) is 0.897. The Morgan fingerprint density at radius 2 is 1.96 bits per heavy atom. The second kappa shape index (κ2) is 9.30. The molecule has 1 aromatic heterocycles. The normalized spacial score (nSPS) is 23.1. The highest BCUT2D eigenvalue weighted by Gasteiger charge is 2.32. The summed E-state index contributed by atoms with van der Waals surface area (Å²) in [5.74, 6) is 2.04. The van der Waals surface area contributed by atoms with E-state index < -0.39 is 0 Å². The van der Waals surface area contributed by atoms with Crippen molar-refractivity contribution in [2.75, 3.05) is 32.8 Å². The maximum absolute atomic E-state index is 12.7. The van der Waals surface area contributed by atoms with Gasteiger partial charge in [0.05, 0.1) is 6.61 Å². The summed E-state index contributed by atoms with van der Waals surface area (Å²) in [4.78, 5) is 18.9. The van der Waals surface area contributed by atoms with Crippen LogP contribution in [0.2, 0.25) is 0 Å². The van der Waals surface area contributed by atoms with Gasteiger partial charge < -0.3 is 15.0 Å². The number of rotatable bonds is 3. The van der Waals surface area contributed by atoms with Crippen LogP contribution in [-0.4, -0.2) is 48.6 Å². The third-order valence-electron chi connectivity index (χ3n) is 4.58. The molecule has 2 fully saturated rings. The van der Waals surface area contributed by atoms with Crippen molar-refractivity contribution >= 4 is 30.7 Å². The van der Waals surface area contributed by atoms with Crippen molar-refractivity contribution in [3.8, 4) is 5.75 Å². The van der Waals surface area contributed by atoms with Crippen LogP contribution in [0.15, 0.2) is 18.3 Å². The van der Waals surface area contributed by atoms with E-state index in [0.29, 0.717) is 18.1 Å². The molecule has 5 nitrogen and oxygen atoms in total. The zero-order valence-electron chi connectivity index (χ0n) is 13.4. The standard InChI is InChI=1S/C16H23N3O2.2ClH/c1-2-21-14-4-3-7-18-15(14)16(20)19-8-5-12-10-17-11-13(12)6-9-19;;/h3-4,7,12-13,17H,2,5-6,8-11H2,1H3;2*1H/t12-,13+;;. The number of hydrogen-bond acceptors (Lipinski definition) is 4. The van der Waals surface area contributed by atoms with Gasteiger partial charge in [-0.25, -0.2) is 4.98 Å². The molecule has 2 aliphatic rings. The van der Waals surface area contributed by atoms with Gasteiger partial charge >= 0.3 is 0 Å². The first-order valence-corrected chi connectivity index (χ1v) is 7.87. The van der Waals surface area contributed by atoms with Crippen LogP contribution in [0.3, 0.4) is 0 Å². The van der Waals surface area contributed by atoms with E-state index in [9.17, 15) is 4.79 Å². The Morgan fingerprint density at radius 1 is 1.30 bits per heavy atom. The first-order chi connectivity index (χ1) is 10.3. The molecule has 2 aliphatic heterocycles. The summed E-state index contributed by atoms with van der Waals surface area (Å²) < 4.78 is 5.53. The first kappa shape index (κ1) is 20.0. The van der Waals surface area contributed by atoms with E-state index in [-0.39, 0.29) is 30.7 Å². The highest BCUT2D eigenvalue weighted by Crippen LogP contribution is 2.28. The number of hydrogen-bond donors (Lipinski definition) is 1. The highest BCUT2D eigenvalue weighted by atomic mass is 35.5. The van der Waals surface area contributed by atoms with Crippen LogP contribution in [0.5, 0.6) is 5.75 Å². The van der Waals surface area contributed by atoms with E-state index in [2.05, 4.69) is 10.3 Å². The molecule has 1 amide bonds. The van der Waals surface area contributed by atoms with Gasteiger partial charge in [0.1, 0.15) is 0 Å². The Morgan fingerprint density at radius 3 is 2.57 bits per heavy atom. The number of halogens is 2. The van der Waals surface area contributed by atoms with Gasteiger partial charge in [-0.1, -0.05) is 0 Å². The van der Waals surface area contributed by atoms with Crippen LogP contribution < -0.4 is 10.1 Å². The number of aromatic nitrogens is 1. The Hall–Kier alpha value is -1.04. The monoisotopic (exact) mass is 361 g/mol. The smallest absolute Gasteiger partial charge is 0.276 e. The number of fused-ring (bicyclic) bond motifs is 1. The molecule has 7 heteroatoms. The second-order valence-corrected chi connectivity index (χ2v) is 5.83. The lowest BCUT2D eigenvalue weighted by Crippen LogP contribution is -2.33. The Labute approximate surface area is 150 Å². The van der Waals surface area contributed by atoms with Gasteiger partial charge in [-0.3, -0.25) is 4.79 Å². The molecule has 0 saturated carbocycles. The molecule has 2 saturated heterocycles. The molecule has 2 atom stereocenters. The molecule has 3 heterocycles. The third kappa shape index (κ3) is 4.49. The number of ether oxygens (including phenoxy) is 1. The number of carbonyl (C=O) groups is 1. The average Bonchev–Trinajstić information content (AvgIpc) is 2.86. The van der Waals surface area contributed by atoms with Crippen LogP contribution in [0.1, 0.15) is 30.3 Å². The molecule has 0 spiro atoms. The molecule has 1 aromatic rings. The molecule has 0 radical (unpaired) electrons. The first-order valence-electron chi connectivity index (χ1n) is 7.87. The van der Waals surface area contributed by atoms with Crippen molar-refractivity contribution in [2.45, 2.75) is 19.8 Å². The van der Waals surface area contributed by atoms with Crippen molar-refractivity contribution < 1.29 is 9.53 Å². The zero-order chi connectivity index (χ0) is 14.7. The SMILES string of the molecule is CCOc1cccnc1C(=O)N1CC[C@@H]2CNC[C@@H]2CC1.Cl.Cl. The molecule has 1 N–H and O–H groups in total. The number of nitrogens with zero attached hydrogens (tertiary/aromatic N) is 2.